The van der Waals surface area contributed by atoms with Gasteiger partial charge in [0.2, 0.25) is 11.1 Å². The summed E-state index contributed by atoms with van der Waals surface area (Å²) < 4.78 is 1.92. The molecule has 0 N–H and O–H groups in total. The Balaban J connectivity index is 1.47. The van der Waals surface area contributed by atoms with E-state index in [1.54, 1.807) is 0 Å². The minimum absolute atomic E-state index is 0.0447. The first-order valence-electron chi connectivity index (χ1n) is 10.1. The first-order chi connectivity index (χ1) is 14.3. The molecule has 6 nitrogen and oxygen atoms in total. The molecule has 0 saturated heterocycles. The van der Waals surface area contributed by atoms with Crippen LogP contribution in [0.3, 0.4) is 0 Å². The Morgan fingerprint density at radius 2 is 1.69 bits per heavy atom. The summed E-state index contributed by atoms with van der Waals surface area (Å²) in [5.74, 6) is 0.345. The fraction of sp³-hybridized carbons (Fsp3) is 0.364. The van der Waals surface area contributed by atoms with Crippen LogP contribution in [0.15, 0.2) is 65.8 Å². The summed E-state index contributed by atoms with van der Waals surface area (Å²) in [6, 6.07) is 20.2. The van der Waals surface area contributed by atoms with Crippen LogP contribution in [0, 0.1) is 0 Å². The molecule has 0 spiro atoms. The minimum Gasteiger partial charge on any atom is -0.307 e. The van der Waals surface area contributed by atoms with Crippen LogP contribution in [0.1, 0.15) is 43.7 Å². The molecule has 1 amide bonds. The third-order valence-corrected chi connectivity index (χ3v) is 6.18. The SMILES string of the molecule is O=C(CSc1nnnn1C1CCCCC1)N(Cc1ccccc1)c1ccccc1. The molecule has 4 rings (SSSR count). The quantitative estimate of drug-likeness (QED) is 0.540. The Labute approximate surface area is 175 Å². The number of thioether (sulfide) groups is 1. The molecule has 2 aromatic carbocycles. The average Bonchev–Trinajstić information content (AvgIpc) is 3.26. The Morgan fingerprint density at radius 3 is 2.41 bits per heavy atom. The predicted molar refractivity (Wildman–Crippen MR) is 115 cm³/mol. The van der Waals surface area contributed by atoms with E-state index in [0.717, 1.165) is 29.2 Å². The largest absolute Gasteiger partial charge is 0.307 e. The van der Waals surface area contributed by atoms with Crippen LogP contribution in [0.5, 0.6) is 0 Å². The van der Waals surface area contributed by atoms with Crippen molar-refractivity contribution in [3.8, 4) is 0 Å². The Hall–Kier alpha value is -2.67. The standard InChI is InChI=1S/C22H25N5OS/c28-21(17-29-22-23-24-25-27(22)20-14-8-3-9-15-20)26(19-12-6-2-7-13-19)16-18-10-4-1-5-11-18/h1-2,4-7,10-13,20H,3,8-9,14-17H2. The number of benzene rings is 2. The second kappa shape index (κ2) is 9.69. The third-order valence-electron chi connectivity index (χ3n) is 5.26. The molecule has 1 aliphatic rings. The maximum atomic E-state index is 13.2. The van der Waals surface area contributed by atoms with Crippen molar-refractivity contribution >= 4 is 23.4 Å². The molecule has 1 fully saturated rings. The summed E-state index contributed by atoms with van der Waals surface area (Å²) >= 11 is 1.42. The average molecular weight is 408 g/mol. The van der Waals surface area contributed by atoms with Gasteiger partial charge in [0.25, 0.3) is 0 Å². The molecule has 7 heteroatoms. The van der Waals surface area contributed by atoms with Gasteiger partial charge in [0.05, 0.1) is 18.3 Å². The molecule has 0 bridgehead atoms. The summed E-state index contributed by atoms with van der Waals surface area (Å²) in [5, 5.41) is 13.0. The zero-order chi connectivity index (χ0) is 19.9. The van der Waals surface area contributed by atoms with Crippen molar-refractivity contribution in [2.45, 2.75) is 49.8 Å². The summed E-state index contributed by atoms with van der Waals surface area (Å²) in [7, 11) is 0. The molecule has 3 aromatic rings. The van der Waals surface area contributed by atoms with Gasteiger partial charge in [0.1, 0.15) is 0 Å². The molecule has 1 saturated carbocycles. The van der Waals surface area contributed by atoms with E-state index in [2.05, 4.69) is 15.5 Å². The minimum atomic E-state index is 0.0447. The van der Waals surface area contributed by atoms with Crippen molar-refractivity contribution in [2.75, 3.05) is 10.7 Å². The van der Waals surface area contributed by atoms with Gasteiger partial charge in [0, 0.05) is 5.69 Å². The smallest absolute Gasteiger partial charge is 0.237 e. The number of amides is 1. The number of anilines is 1. The summed E-state index contributed by atoms with van der Waals surface area (Å²) in [6.07, 6.45) is 5.93. The molecule has 0 atom stereocenters. The van der Waals surface area contributed by atoms with Gasteiger partial charge in [0.15, 0.2) is 0 Å². The number of nitrogens with zero attached hydrogens (tertiary/aromatic N) is 5. The molecule has 150 valence electrons. The van der Waals surface area contributed by atoms with Crippen molar-refractivity contribution in [1.82, 2.24) is 20.2 Å². The van der Waals surface area contributed by atoms with Crippen LogP contribution in [0.2, 0.25) is 0 Å². The van der Waals surface area contributed by atoms with Crippen LogP contribution >= 0.6 is 11.8 Å². The van der Waals surface area contributed by atoms with Gasteiger partial charge in [-0.25, -0.2) is 4.68 Å². The number of carbonyl (C=O) groups is 1. The van der Waals surface area contributed by atoms with E-state index in [1.807, 2.05) is 70.2 Å². The number of aromatic nitrogens is 4. The molecule has 0 unspecified atom stereocenters. The molecule has 0 radical (unpaired) electrons. The Kier molecular flexibility index (Phi) is 6.56. The molecular formula is C22H25N5OS. The second-order valence-corrected chi connectivity index (χ2v) is 8.23. The van der Waals surface area contributed by atoms with Crippen molar-refractivity contribution in [3.63, 3.8) is 0 Å². The van der Waals surface area contributed by atoms with Gasteiger partial charge in [-0.15, -0.1) is 5.10 Å². The van der Waals surface area contributed by atoms with E-state index in [9.17, 15) is 4.79 Å². The summed E-state index contributed by atoms with van der Waals surface area (Å²) in [4.78, 5) is 15.0. The second-order valence-electron chi connectivity index (χ2n) is 7.29. The molecular weight excluding hydrogens is 382 g/mol. The highest BCUT2D eigenvalue weighted by Crippen LogP contribution is 2.30. The Bertz CT molecular complexity index is 909. The van der Waals surface area contributed by atoms with E-state index < -0.39 is 0 Å². The fourth-order valence-corrected chi connectivity index (χ4v) is 4.56. The van der Waals surface area contributed by atoms with Crippen LogP contribution in [0.4, 0.5) is 5.69 Å². The molecule has 1 aliphatic carbocycles. The summed E-state index contributed by atoms with van der Waals surface area (Å²) in [6.45, 7) is 0.539. The van der Waals surface area contributed by atoms with Crippen molar-refractivity contribution < 1.29 is 4.79 Å². The van der Waals surface area contributed by atoms with Crippen LogP contribution < -0.4 is 4.90 Å². The van der Waals surface area contributed by atoms with E-state index in [0.29, 0.717) is 18.3 Å². The van der Waals surface area contributed by atoms with Gasteiger partial charge in [-0.1, -0.05) is 79.6 Å². The molecule has 1 aromatic heterocycles. The van der Waals surface area contributed by atoms with E-state index in [-0.39, 0.29) is 5.91 Å². The zero-order valence-corrected chi connectivity index (χ0v) is 17.2. The molecule has 29 heavy (non-hydrogen) atoms. The lowest BCUT2D eigenvalue weighted by atomic mass is 9.96. The van der Waals surface area contributed by atoms with Crippen molar-refractivity contribution in [1.29, 1.82) is 0 Å². The van der Waals surface area contributed by atoms with Gasteiger partial charge >= 0.3 is 0 Å². The highest BCUT2D eigenvalue weighted by atomic mass is 32.2. The number of hydrogen-bond donors (Lipinski definition) is 0. The predicted octanol–water partition coefficient (Wildman–Crippen LogP) is 4.50. The number of tetrazole rings is 1. The van der Waals surface area contributed by atoms with E-state index >= 15 is 0 Å². The third kappa shape index (κ3) is 5.03. The number of rotatable bonds is 7. The van der Waals surface area contributed by atoms with Crippen LogP contribution in [0.25, 0.3) is 0 Å². The van der Waals surface area contributed by atoms with Gasteiger partial charge in [-0.05, 0) is 41.0 Å². The maximum absolute atomic E-state index is 13.2. The fourth-order valence-electron chi connectivity index (χ4n) is 3.74. The zero-order valence-electron chi connectivity index (χ0n) is 16.4. The number of para-hydroxylation sites is 1. The first kappa shape index (κ1) is 19.6. The summed E-state index contributed by atoms with van der Waals surface area (Å²) in [5.41, 5.74) is 2.00. The van der Waals surface area contributed by atoms with Crippen molar-refractivity contribution in [3.05, 3.63) is 66.2 Å². The van der Waals surface area contributed by atoms with Gasteiger partial charge in [-0.3, -0.25) is 4.79 Å². The van der Waals surface area contributed by atoms with Gasteiger partial charge in [-0.2, -0.15) is 0 Å². The maximum Gasteiger partial charge on any atom is 0.237 e. The van der Waals surface area contributed by atoms with Gasteiger partial charge < -0.3 is 4.90 Å². The highest BCUT2D eigenvalue weighted by Gasteiger charge is 2.22. The normalized spacial score (nSPS) is 14.6. The molecule has 0 aliphatic heterocycles. The lowest BCUT2D eigenvalue weighted by Crippen LogP contribution is -2.32. The number of hydrogen-bond acceptors (Lipinski definition) is 5. The topological polar surface area (TPSA) is 63.9 Å². The molecule has 1 heterocycles. The number of carbonyl (C=O) groups excluding carboxylic acids is 1. The lowest BCUT2D eigenvalue weighted by Gasteiger charge is -2.24. The highest BCUT2D eigenvalue weighted by molar-refractivity contribution is 7.99. The van der Waals surface area contributed by atoms with E-state index in [4.69, 9.17) is 0 Å². The monoisotopic (exact) mass is 407 g/mol. The lowest BCUT2D eigenvalue weighted by molar-refractivity contribution is -0.116. The van der Waals surface area contributed by atoms with Crippen LogP contribution in [-0.2, 0) is 11.3 Å². The van der Waals surface area contributed by atoms with Crippen molar-refractivity contribution in [2.24, 2.45) is 0 Å². The van der Waals surface area contributed by atoms with Crippen LogP contribution in [-0.4, -0.2) is 31.9 Å². The Morgan fingerprint density at radius 1 is 1.00 bits per heavy atom. The van der Waals surface area contributed by atoms with E-state index in [1.165, 1.54) is 31.0 Å². The first-order valence-corrected chi connectivity index (χ1v) is 11.1.